The number of anilines is 1. The van der Waals surface area contributed by atoms with Crippen molar-refractivity contribution in [2.24, 2.45) is 0 Å². The number of aliphatic hydroxyl groups is 1. The molecule has 4 aromatic rings. The SMILES string of the molecule is CN(Cc1ccccc1)c1ccnc2c(-c3ccccc3CO)cnn12. The van der Waals surface area contributed by atoms with Crippen molar-refractivity contribution in [3.63, 3.8) is 0 Å². The number of aliphatic hydroxyl groups excluding tert-OH is 1. The second-order valence-electron chi connectivity index (χ2n) is 6.25. The van der Waals surface area contributed by atoms with Gasteiger partial charge in [0.05, 0.1) is 12.8 Å². The molecule has 0 aliphatic heterocycles. The highest BCUT2D eigenvalue weighted by molar-refractivity contribution is 5.80. The Bertz CT molecular complexity index is 1030. The highest BCUT2D eigenvalue weighted by atomic mass is 16.3. The van der Waals surface area contributed by atoms with Crippen LogP contribution >= 0.6 is 0 Å². The third kappa shape index (κ3) is 2.93. The predicted octanol–water partition coefficient (Wildman–Crippen LogP) is 3.53. The first kappa shape index (κ1) is 16.3. The monoisotopic (exact) mass is 344 g/mol. The molecule has 4 rings (SSSR count). The standard InChI is InChI=1S/C21H20N4O/c1-24(14-16-7-3-2-4-8-16)20-11-12-22-21-19(13-23-25(20)21)18-10-6-5-9-17(18)15-26/h2-13,26H,14-15H2,1H3. The van der Waals surface area contributed by atoms with E-state index >= 15 is 0 Å². The van der Waals surface area contributed by atoms with E-state index in [-0.39, 0.29) is 6.61 Å². The van der Waals surface area contributed by atoms with E-state index in [2.05, 4.69) is 27.1 Å². The van der Waals surface area contributed by atoms with Gasteiger partial charge in [0.15, 0.2) is 5.65 Å². The molecule has 1 N–H and O–H groups in total. The molecule has 0 amide bonds. The highest BCUT2D eigenvalue weighted by Crippen LogP contribution is 2.29. The second-order valence-corrected chi connectivity index (χ2v) is 6.25. The maximum absolute atomic E-state index is 9.64. The molecular formula is C21H20N4O. The van der Waals surface area contributed by atoms with Crippen molar-refractivity contribution in [2.45, 2.75) is 13.2 Å². The Hall–Kier alpha value is -3.18. The summed E-state index contributed by atoms with van der Waals surface area (Å²) in [5.41, 5.74) is 4.76. The summed E-state index contributed by atoms with van der Waals surface area (Å²) in [5.74, 6) is 0.964. The third-order valence-electron chi connectivity index (χ3n) is 4.51. The molecule has 0 radical (unpaired) electrons. The van der Waals surface area contributed by atoms with Crippen molar-refractivity contribution in [2.75, 3.05) is 11.9 Å². The van der Waals surface area contributed by atoms with Gasteiger partial charge in [-0.2, -0.15) is 9.61 Å². The van der Waals surface area contributed by atoms with E-state index in [0.29, 0.717) is 0 Å². The first-order valence-corrected chi connectivity index (χ1v) is 8.55. The average Bonchev–Trinajstić information content (AvgIpc) is 3.12. The molecule has 0 aliphatic carbocycles. The Balaban J connectivity index is 1.76. The van der Waals surface area contributed by atoms with Crippen molar-refractivity contribution in [1.82, 2.24) is 14.6 Å². The minimum Gasteiger partial charge on any atom is -0.392 e. The molecule has 26 heavy (non-hydrogen) atoms. The molecule has 0 saturated carbocycles. The molecule has 0 atom stereocenters. The van der Waals surface area contributed by atoms with Crippen LogP contribution in [0.5, 0.6) is 0 Å². The summed E-state index contributed by atoms with van der Waals surface area (Å²) in [7, 11) is 2.05. The van der Waals surface area contributed by atoms with Crippen LogP contribution in [0.25, 0.3) is 16.8 Å². The van der Waals surface area contributed by atoms with Crippen molar-refractivity contribution in [3.05, 3.63) is 84.2 Å². The van der Waals surface area contributed by atoms with Gasteiger partial charge in [-0.1, -0.05) is 54.6 Å². The van der Waals surface area contributed by atoms with Gasteiger partial charge in [0.1, 0.15) is 5.82 Å². The fourth-order valence-electron chi connectivity index (χ4n) is 3.22. The van der Waals surface area contributed by atoms with Crippen molar-refractivity contribution in [1.29, 1.82) is 0 Å². The summed E-state index contributed by atoms with van der Waals surface area (Å²) in [5, 5.41) is 14.2. The number of fused-ring (bicyclic) bond motifs is 1. The van der Waals surface area contributed by atoms with Crippen LogP contribution in [0.15, 0.2) is 73.1 Å². The van der Waals surface area contributed by atoms with Crippen LogP contribution in [0.2, 0.25) is 0 Å². The van der Waals surface area contributed by atoms with Crippen LogP contribution in [0, 0.1) is 0 Å². The Kier molecular flexibility index (Phi) is 4.37. The normalized spacial score (nSPS) is 11.0. The summed E-state index contributed by atoms with van der Waals surface area (Å²) < 4.78 is 1.85. The number of benzene rings is 2. The topological polar surface area (TPSA) is 53.7 Å². The lowest BCUT2D eigenvalue weighted by Crippen LogP contribution is -2.19. The zero-order chi connectivity index (χ0) is 17.9. The lowest BCUT2D eigenvalue weighted by molar-refractivity contribution is 0.282. The molecule has 0 fully saturated rings. The van der Waals surface area contributed by atoms with E-state index < -0.39 is 0 Å². The van der Waals surface area contributed by atoms with Crippen LogP contribution in [-0.2, 0) is 13.2 Å². The molecule has 2 aromatic heterocycles. The van der Waals surface area contributed by atoms with E-state index in [0.717, 1.165) is 34.7 Å². The summed E-state index contributed by atoms with van der Waals surface area (Å²) in [6, 6.07) is 20.1. The Morgan fingerprint density at radius 1 is 0.962 bits per heavy atom. The van der Waals surface area contributed by atoms with Gasteiger partial charge in [-0.15, -0.1) is 0 Å². The summed E-state index contributed by atoms with van der Waals surface area (Å²) in [6.45, 7) is 0.767. The predicted molar refractivity (Wildman–Crippen MR) is 103 cm³/mol. The smallest absolute Gasteiger partial charge is 0.165 e. The Morgan fingerprint density at radius 3 is 2.54 bits per heavy atom. The molecule has 2 heterocycles. The molecule has 0 bridgehead atoms. The Labute approximate surface area is 152 Å². The van der Waals surface area contributed by atoms with E-state index in [4.69, 9.17) is 0 Å². The van der Waals surface area contributed by atoms with Gasteiger partial charge in [0.25, 0.3) is 0 Å². The molecule has 5 heteroatoms. The zero-order valence-electron chi connectivity index (χ0n) is 14.6. The van der Waals surface area contributed by atoms with Gasteiger partial charge in [-0.3, -0.25) is 0 Å². The van der Waals surface area contributed by atoms with Crippen LogP contribution in [0.3, 0.4) is 0 Å². The van der Waals surface area contributed by atoms with E-state index in [1.165, 1.54) is 5.56 Å². The maximum Gasteiger partial charge on any atom is 0.165 e. The third-order valence-corrected chi connectivity index (χ3v) is 4.51. The van der Waals surface area contributed by atoms with Gasteiger partial charge in [0.2, 0.25) is 0 Å². The minimum absolute atomic E-state index is 0.0128. The number of aromatic nitrogens is 3. The van der Waals surface area contributed by atoms with Gasteiger partial charge in [0, 0.05) is 25.4 Å². The number of hydrogen-bond acceptors (Lipinski definition) is 4. The molecule has 0 aliphatic rings. The molecule has 0 spiro atoms. The van der Waals surface area contributed by atoms with Gasteiger partial charge < -0.3 is 10.0 Å². The molecule has 130 valence electrons. The summed E-state index contributed by atoms with van der Waals surface area (Å²) in [6.07, 6.45) is 3.62. The fourth-order valence-corrected chi connectivity index (χ4v) is 3.22. The van der Waals surface area contributed by atoms with E-state index in [9.17, 15) is 5.11 Å². The van der Waals surface area contributed by atoms with E-state index in [1.807, 2.05) is 66.3 Å². The van der Waals surface area contributed by atoms with Crippen LogP contribution in [0.4, 0.5) is 5.82 Å². The number of nitrogens with zero attached hydrogens (tertiary/aromatic N) is 4. The lowest BCUT2D eigenvalue weighted by atomic mass is 10.0. The number of hydrogen-bond donors (Lipinski definition) is 1. The fraction of sp³-hybridized carbons (Fsp3) is 0.143. The lowest BCUT2D eigenvalue weighted by Gasteiger charge is -2.20. The first-order valence-electron chi connectivity index (χ1n) is 8.55. The van der Waals surface area contributed by atoms with Crippen molar-refractivity contribution < 1.29 is 5.11 Å². The summed E-state index contributed by atoms with van der Waals surface area (Å²) in [4.78, 5) is 6.69. The molecular weight excluding hydrogens is 324 g/mol. The molecule has 0 unspecified atom stereocenters. The zero-order valence-corrected chi connectivity index (χ0v) is 14.6. The highest BCUT2D eigenvalue weighted by Gasteiger charge is 2.15. The quantitative estimate of drug-likeness (QED) is 0.602. The molecule has 0 saturated heterocycles. The van der Waals surface area contributed by atoms with Crippen LogP contribution < -0.4 is 4.90 Å². The molecule has 2 aromatic carbocycles. The van der Waals surface area contributed by atoms with E-state index in [1.54, 1.807) is 6.20 Å². The van der Waals surface area contributed by atoms with Crippen LogP contribution in [0.1, 0.15) is 11.1 Å². The average molecular weight is 344 g/mol. The Morgan fingerprint density at radius 2 is 1.73 bits per heavy atom. The van der Waals surface area contributed by atoms with Crippen molar-refractivity contribution in [3.8, 4) is 11.1 Å². The maximum atomic E-state index is 9.64. The largest absolute Gasteiger partial charge is 0.392 e. The van der Waals surface area contributed by atoms with Crippen LogP contribution in [-0.4, -0.2) is 26.8 Å². The van der Waals surface area contributed by atoms with Gasteiger partial charge >= 0.3 is 0 Å². The first-order chi connectivity index (χ1) is 12.8. The molecule has 5 nitrogen and oxygen atoms in total. The second kappa shape index (κ2) is 6.98. The van der Waals surface area contributed by atoms with Gasteiger partial charge in [-0.25, -0.2) is 4.98 Å². The summed E-state index contributed by atoms with van der Waals surface area (Å²) >= 11 is 0. The number of rotatable bonds is 5. The minimum atomic E-state index is -0.0128. The van der Waals surface area contributed by atoms with Gasteiger partial charge in [-0.05, 0) is 22.8 Å². The van der Waals surface area contributed by atoms with Crippen molar-refractivity contribution >= 4 is 11.5 Å².